The van der Waals surface area contributed by atoms with E-state index in [4.69, 9.17) is 9.15 Å². The Hall–Kier alpha value is -2.90. The first kappa shape index (κ1) is 21.3. The van der Waals surface area contributed by atoms with Gasteiger partial charge in [0.25, 0.3) is 5.91 Å². The molecule has 0 saturated carbocycles. The summed E-state index contributed by atoms with van der Waals surface area (Å²) in [6.45, 7) is 2.68. The van der Waals surface area contributed by atoms with E-state index in [0.717, 1.165) is 41.4 Å². The Morgan fingerprint density at radius 3 is 2.61 bits per heavy atom. The summed E-state index contributed by atoms with van der Waals surface area (Å²) < 4.78 is 23.5. The molecule has 2 heterocycles. The minimum absolute atomic E-state index is 0.0413. The number of rotatable bonds is 7. The summed E-state index contributed by atoms with van der Waals surface area (Å²) in [5, 5.41) is 0. The predicted molar refractivity (Wildman–Crippen MR) is 123 cm³/mol. The first-order chi connectivity index (χ1) is 15.1. The average Bonchev–Trinajstić information content (AvgIpc) is 3.34. The molecule has 0 bridgehead atoms. The lowest BCUT2D eigenvalue weighted by atomic mass is 10.1. The topological polar surface area (TPSA) is 69.0 Å². The molecule has 6 nitrogen and oxygen atoms in total. The molecule has 1 aliphatic rings. The van der Waals surface area contributed by atoms with Gasteiger partial charge in [-0.25, -0.2) is 0 Å². The van der Waals surface area contributed by atoms with Crippen molar-refractivity contribution in [3.8, 4) is 17.1 Å². The van der Waals surface area contributed by atoms with Crippen molar-refractivity contribution in [3.63, 3.8) is 0 Å². The van der Waals surface area contributed by atoms with Gasteiger partial charge in [-0.05, 0) is 41.5 Å². The number of furan rings is 1. The van der Waals surface area contributed by atoms with Crippen LogP contribution in [-0.2, 0) is 21.7 Å². The van der Waals surface area contributed by atoms with Crippen molar-refractivity contribution in [1.29, 1.82) is 0 Å². The number of carbonyl (C=O) groups excluding carboxylic acids is 1. The summed E-state index contributed by atoms with van der Waals surface area (Å²) in [5.41, 5.74) is 2.91. The monoisotopic (exact) mass is 438 g/mol. The highest BCUT2D eigenvalue weighted by molar-refractivity contribution is 7.91. The van der Waals surface area contributed by atoms with Gasteiger partial charge in [0.15, 0.2) is 5.75 Å². The van der Waals surface area contributed by atoms with Crippen LogP contribution in [0.1, 0.15) is 5.56 Å². The maximum atomic E-state index is 12.7. The second-order valence-corrected chi connectivity index (χ2v) is 8.90. The van der Waals surface area contributed by atoms with Crippen molar-refractivity contribution in [3.05, 3.63) is 72.5 Å². The third kappa shape index (κ3) is 5.24. The van der Waals surface area contributed by atoms with Crippen molar-refractivity contribution in [1.82, 2.24) is 4.90 Å². The molecule has 3 aromatic rings. The van der Waals surface area contributed by atoms with Gasteiger partial charge in [-0.2, -0.15) is 0 Å². The van der Waals surface area contributed by atoms with Crippen LogP contribution in [0.4, 0.5) is 5.69 Å². The van der Waals surface area contributed by atoms with Crippen LogP contribution in [0.25, 0.3) is 11.3 Å². The minimum Gasteiger partial charge on any atom is -0.616 e. The van der Waals surface area contributed by atoms with Crippen molar-refractivity contribution >= 4 is 22.8 Å². The number of piperazine rings is 1. The largest absolute Gasteiger partial charge is 0.616 e. The molecular weight excluding hydrogens is 412 g/mol. The summed E-state index contributed by atoms with van der Waals surface area (Å²) in [4.78, 5) is 16.7. The fourth-order valence-corrected chi connectivity index (χ4v) is 4.92. The second-order valence-electron chi connectivity index (χ2n) is 7.45. The first-order valence-electron chi connectivity index (χ1n) is 10.3. The van der Waals surface area contributed by atoms with E-state index in [1.807, 2.05) is 65.6 Å². The number of nitrogens with zero attached hydrogens (tertiary/aromatic N) is 2. The molecule has 0 spiro atoms. The molecule has 7 heteroatoms. The van der Waals surface area contributed by atoms with Crippen molar-refractivity contribution in [2.24, 2.45) is 0 Å². The number of carbonyl (C=O) groups is 1. The van der Waals surface area contributed by atoms with Crippen molar-refractivity contribution < 1.29 is 18.5 Å². The van der Waals surface area contributed by atoms with E-state index in [9.17, 15) is 9.35 Å². The van der Waals surface area contributed by atoms with Gasteiger partial charge in [0.05, 0.1) is 19.1 Å². The lowest BCUT2D eigenvalue weighted by Crippen LogP contribution is -2.50. The molecule has 2 aromatic carbocycles. The number of hydrogen-bond donors (Lipinski definition) is 0. The van der Waals surface area contributed by atoms with Gasteiger partial charge in [0.1, 0.15) is 17.3 Å². The number of anilines is 1. The van der Waals surface area contributed by atoms with Gasteiger partial charge in [-0.3, -0.25) is 4.79 Å². The van der Waals surface area contributed by atoms with E-state index in [1.54, 1.807) is 13.4 Å². The first-order valence-corrected chi connectivity index (χ1v) is 11.8. The van der Waals surface area contributed by atoms with Crippen LogP contribution in [0.15, 0.2) is 71.3 Å². The summed E-state index contributed by atoms with van der Waals surface area (Å²) in [5.74, 6) is 1.94. The van der Waals surface area contributed by atoms with Crippen LogP contribution in [0.3, 0.4) is 0 Å². The van der Waals surface area contributed by atoms with E-state index < -0.39 is 11.2 Å². The number of benzene rings is 2. The molecule has 31 heavy (non-hydrogen) atoms. The van der Waals surface area contributed by atoms with Crippen LogP contribution < -0.4 is 9.64 Å². The molecule has 0 aliphatic carbocycles. The zero-order chi connectivity index (χ0) is 21.6. The lowest BCUT2D eigenvalue weighted by molar-refractivity contribution is -0.128. The molecule has 1 unspecified atom stereocenters. The smallest absolute Gasteiger partial charge is 0.272 e. The summed E-state index contributed by atoms with van der Waals surface area (Å²) in [6, 6.07) is 19.4. The Balaban J connectivity index is 1.30. The Morgan fingerprint density at radius 1 is 1.06 bits per heavy atom. The highest BCUT2D eigenvalue weighted by atomic mass is 32.2. The van der Waals surface area contributed by atoms with Gasteiger partial charge in [0, 0.05) is 37.3 Å². The van der Waals surface area contributed by atoms with Crippen LogP contribution >= 0.6 is 0 Å². The van der Waals surface area contributed by atoms with Crippen molar-refractivity contribution in [2.45, 2.75) is 5.75 Å². The lowest BCUT2D eigenvalue weighted by Gasteiger charge is -2.36. The molecule has 1 saturated heterocycles. The van der Waals surface area contributed by atoms with E-state index in [1.165, 1.54) is 0 Å². The third-order valence-electron chi connectivity index (χ3n) is 5.40. The fraction of sp³-hybridized carbons (Fsp3) is 0.292. The van der Waals surface area contributed by atoms with Gasteiger partial charge in [-0.15, -0.1) is 0 Å². The van der Waals surface area contributed by atoms with Crippen molar-refractivity contribution in [2.75, 3.05) is 43.9 Å². The average molecular weight is 439 g/mol. The third-order valence-corrected chi connectivity index (χ3v) is 6.63. The number of amides is 1. The molecule has 0 radical (unpaired) electrons. The molecule has 1 aliphatic heterocycles. The van der Waals surface area contributed by atoms with Gasteiger partial charge < -0.3 is 23.5 Å². The quantitative estimate of drug-likeness (QED) is 0.528. The molecule has 1 atom stereocenters. The van der Waals surface area contributed by atoms with E-state index in [2.05, 4.69) is 4.90 Å². The van der Waals surface area contributed by atoms with Crippen LogP contribution in [-0.4, -0.2) is 54.4 Å². The zero-order valence-corrected chi connectivity index (χ0v) is 18.3. The van der Waals surface area contributed by atoms with E-state index in [-0.39, 0.29) is 11.7 Å². The van der Waals surface area contributed by atoms with Gasteiger partial charge >= 0.3 is 0 Å². The number of ether oxygens (including phenoxy) is 1. The molecule has 162 valence electrons. The zero-order valence-electron chi connectivity index (χ0n) is 17.5. The number of methoxy groups -OCH3 is 1. The normalized spacial score (nSPS) is 15.0. The molecule has 1 aromatic heterocycles. The van der Waals surface area contributed by atoms with E-state index in [0.29, 0.717) is 18.8 Å². The number of para-hydroxylation sites is 2. The highest BCUT2D eigenvalue weighted by Crippen LogP contribution is 2.28. The summed E-state index contributed by atoms with van der Waals surface area (Å²) in [6.07, 6.45) is 1.63. The predicted octanol–water partition coefficient (Wildman–Crippen LogP) is 3.55. The summed E-state index contributed by atoms with van der Waals surface area (Å²) in [7, 11) is 1.66. The van der Waals surface area contributed by atoms with Gasteiger partial charge in [-0.1, -0.05) is 30.3 Å². The Morgan fingerprint density at radius 2 is 1.87 bits per heavy atom. The maximum Gasteiger partial charge on any atom is 0.272 e. The summed E-state index contributed by atoms with van der Waals surface area (Å²) >= 11 is -1.26. The molecule has 1 fully saturated rings. The Labute approximate surface area is 185 Å². The molecule has 0 N–H and O–H groups in total. The second kappa shape index (κ2) is 9.94. The minimum atomic E-state index is -1.26. The van der Waals surface area contributed by atoms with E-state index >= 15 is 0 Å². The molecule has 4 rings (SSSR count). The van der Waals surface area contributed by atoms with Crippen LogP contribution in [0, 0.1) is 0 Å². The standard InChI is InChI=1S/C24H26N2O4S/c1-29-23-9-3-2-8-21(23)25-11-13-26(14-12-25)24(27)18-31(28)17-19-6-4-7-20(16-19)22-10-5-15-30-22/h2-10,15-16H,11-14,17-18H2,1H3. The highest BCUT2D eigenvalue weighted by Gasteiger charge is 2.26. The number of hydrogen-bond acceptors (Lipinski definition) is 5. The SMILES string of the molecule is COc1ccccc1N1CCN(C(=O)C[S+]([O-])Cc2cccc(-c3ccco3)c2)CC1. The fourth-order valence-electron chi connectivity index (χ4n) is 3.81. The van der Waals surface area contributed by atoms with Crippen LogP contribution in [0.5, 0.6) is 5.75 Å². The molecular formula is C24H26N2O4S. The Bertz CT molecular complexity index is 1000. The Kier molecular flexibility index (Phi) is 6.84. The van der Waals surface area contributed by atoms with Crippen LogP contribution in [0.2, 0.25) is 0 Å². The van der Waals surface area contributed by atoms with Gasteiger partial charge in [0.2, 0.25) is 0 Å². The molecule has 1 amide bonds. The maximum absolute atomic E-state index is 12.7.